The average molecular weight is 321 g/mol. The van der Waals surface area contributed by atoms with Crippen LogP contribution in [0.3, 0.4) is 0 Å². The normalized spacial score (nSPS) is 13.2. The van der Waals surface area contributed by atoms with Crippen LogP contribution >= 0.6 is 11.6 Å². The van der Waals surface area contributed by atoms with E-state index in [0.717, 1.165) is 25.1 Å². The third kappa shape index (κ3) is 3.38. The molecular weight excluding hydrogens is 296 g/mol. The summed E-state index contributed by atoms with van der Waals surface area (Å²) >= 11 is 5.90. The molecule has 116 valence electrons. The van der Waals surface area contributed by atoms with E-state index in [2.05, 4.69) is 6.92 Å². The number of alkyl halides is 1. The Morgan fingerprint density at radius 3 is 2.40 bits per heavy atom. The molecule has 20 heavy (non-hydrogen) atoms. The van der Waals surface area contributed by atoms with Crippen LogP contribution in [0, 0.1) is 0 Å². The van der Waals surface area contributed by atoms with E-state index in [-0.39, 0.29) is 0 Å². The number of hydrogen-bond donors (Lipinski definition) is 0. The molecule has 0 spiro atoms. The molecule has 6 heteroatoms. The molecule has 0 saturated heterocycles. The highest BCUT2D eigenvalue weighted by Crippen LogP contribution is 2.27. The molecule has 0 atom stereocenters. The van der Waals surface area contributed by atoms with E-state index in [1.165, 1.54) is 4.31 Å². The fourth-order valence-corrected chi connectivity index (χ4v) is 3.80. The molecule has 0 N–H and O–H groups in total. The lowest BCUT2D eigenvalue weighted by Gasteiger charge is -2.33. The van der Waals surface area contributed by atoms with Crippen LogP contribution in [0.2, 0.25) is 0 Å². The summed E-state index contributed by atoms with van der Waals surface area (Å²) in [6, 6.07) is 1.68. The maximum absolute atomic E-state index is 12.7. The number of rotatable bonds is 7. The monoisotopic (exact) mass is 320 g/mol. The summed E-state index contributed by atoms with van der Waals surface area (Å²) in [7, 11) is -1.85. The van der Waals surface area contributed by atoms with Crippen molar-refractivity contribution in [1.82, 2.24) is 8.87 Å². The third-order valence-electron chi connectivity index (χ3n) is 3.94. The fourth-order valence-electron chi connectivity index (χ4n) is 1.93. The van der Waals surface area contributed by atoms with E-state index in [0.29, 0.717) is 10.8 Å². The predicted octanol–water partition coefficient (Wildman–Crippen LogP) is 3.45. The smallest absolute Gasteiger partial charge is 0.244 e. The van der Waals surface area contributed by atoms with Gasteiger partial charge in [0.2, 0.25) is 10.0 Å². The first-order chi connectivity index (χ1) is 9.20. The van der Waals surface area contributed by atoms with Crippen molar-refractivity contribution in [2.45, 2.75) is 63.4 Å². The second-order valence-electron chi connectivity index (χ2n) is 5.63. The third-order valence-corrected chi connectivity index (χ3v) is 6.25. The Morgan fingerprint density at radius 1 is 1.35 bits per heavy atom. The van der Waals surface area contributed by atoms with Gasteiger partial charge in [-0.1, -0.05) is 13.8 Å². The number of aryl methyl sites for hydroxylation is 1. The van der Waals surface area contributed by atoms with Gasteiger partial charge in [0.15, 0.2) is 0 Å². The van der Waals surface area contributed by atoms with E-state index in [1.54, 1.807) is 19.3 Å². The van der Waals surface area contributed by atoms with Crippen molar-refractivity contribution in [1.29, 1.82) is 0 Å². The van der Waals surface area contributed by atoms with Gasteiger partial charge in [0.25, 0.3) is 0 Å². The van der Waals surface area contributed by atoms with Crippen LogP contribution in [0.15, 0.2) is 17.2 Å². The van der Waals surface area contributed by atoms with Crippen LogP contribution in [0.1, 0.15) is 46.2 Å². The summed E-state index contributed by atoms with van der Waals surface area (Å²) in [5.74, 6) is 0.316. The van der Waals surface area contributed by atoms with Crippen LogP contribution in [0.5, 0.6) is 0 Å². The van der Waals surface area contributed by atoms with E-state index < -0.39 is 15.6 Å². The molecule has 0 aromatic carbocycles. The van der Waals surface area contributed by atoms with E-state index in [9.17, 15) is 8.42 Å². The molecule has 0 radical (unpaired) electrons. The maximum Gasteiger partial charge on any atom is 0.244 e. The minimum Gasteiger partial charge on any atom is -0.349 e. The summed E-state index contributed by atoms with van der Waals surface area (Å²) in [5, 5.41) is 0. The zero-order valence-electron chi connectivity index (χ0n) is 13.0. The minimum atomic E-state index is -3.48. The van der Waals surface area contributed by atoms with Gasteiger partial charge in [-0.15, -0.1) is 11.6 Å². The summed E-state index contributed by atoms with van der Waals surface area (Å²) in [5.41, 5.74) is 0.433. The van der Waals surface area contributed by atoms with E-state index in [4.69, 9.17) is 11.6 Å². The molecule has 0 aliphatic heterocycles. The first-order valence-corrected chi connectivity index (χ1v) is 8.92. The predicted molar refractivity (Wildman–Crippen MR) is 83.6 cm³/mol. The van der Waals surface area contributed by atoms with E-state index >= 15 is 0 Å². The number of aromatic nitrogens is 1. The lowest BCUT2D eigenvalue weighted by molar-refractivity contribution is 0.257. The molecule has 1 aromatic rings. The highest BCUT2D eigenvalue weighted by atomic mass is 35.5. The van der Waals surface area contributed by atoms with Gasteiger partial charge in [0.05, 0.1) is 5.88 Å². The van der Waals surface area contributed by atoms with Crippen molar-refractivity contribution in [2.75, 3.05) is 7.05 Å². The Hall–Kier alpha value is -0.520. The van der Waals surface area contributed by atoms with Gasteiger partial charge in [0, 0.05) is 31.0 Å². The van der Waals surface area contributed by atoms with Gasteiger partial charge in [-0.05, 0) is 32.8 Å². The molecule has 0 aliphatic rings. The minimum absolute atomic E-state index is 0.316. The van der Waals surface area contributed by atoms with Crippen LogP contribution in [0.4, 0.5) is 0 Å². The van der Waals surface area contributed by atoms with Crippen molar-refractivity contribution < 1.29 is 8.42 Å². The highest BCUT2D eigenvalue weighted by Gasteiger charge is 2.33. The summed E-state index contributed by atoms with van der Waals surface area (Å²) in [6.45, 7) is 8.67. The quantitative estimate of drug-likeness (QED) is 0.722. The standard InChI is InChI=1S/C14H25ClN2O2S/c1-6-8-17-11-13(9-12(17)10-15)20(18,19)16(5)14(3,4)7-2/h9,11H,6-8,10H2,1-5H3. The molecule has 1 rings (SSSR count). The Morgan fingerprint density at radius 2 is 1.95 bits per heavy atom. The molecule has 0 saturated carbocycles. The van der Waals surface area contributed by atoms with Crippen molar-refractivity contribution in [3.8, 4) is 0 Å². The van der Waals surface area contributed by atoms with Crippen molar-refractivity contribution >= 4 is 21.6 Å². The molecule has 0 fully saturated rings. The van der Waals surface area contributed by atoms with Crippen LogP contribution in [-0.4, -0.2) is 29.9 Å². The summed E-state index contributed by atoms with van der Waals surface area (Å²) in [6.07, 6.45) is 3.38. The lowest BCUT2D eigenvalue weighted by Crippen LogP contribution is -2.44. The average Bonchev–Trinajstić information content (AvgIpc) is 2.82. The fraction of sp³-hybridized carbons (Fsp3) is 0.714. The van der Waals surface area contributed by atoms with Crippen molar-refractivity contribution in [3.05, 3.63) is 18.0 Å². The number of halogens is 1. The zero-order chi connectivity index (χ0) is 15.6. The van der Waals surface area contributed by atoms with Gasteiger partial charge in [-0.2, -0.15) is 4.31 Å². The topological polar surface area (TPSA) is 42.3 Å². The van der Waals surface area contributed by atoms with Crippen LogP contribution in [-0.2, 0) is 22.4 Å². The molecule has 1 aromatic heterocycles. The Kier molecular flexibility index (Phi) is 5.70. The molecular formula is C14H25ClN2O2S. The lowest BCUT2D eigenvalue weighted by atomic mass is 10.0. The van der Waals surface area contributed by atoms with E-state index in [1.807, 2.05) is 25.3 Å². The molecule has 0 unspecified atom stereocenters. The van der Waals surface area contributed by atoms with Crippen LogP contribution < -0.4 is 0 Å². The van der Waals surface area contributed by atoms with Crippen molar-refractivity contribution in [3.63, 3.8) is 0 Å². The zero-order valence-corrected chi connectivity index (χ0v) is 14.6. The second kappa shape index (κ2) is 6.50. The van der Waals surface area contributed by atoms with Gasteiger partial charge in [-0.3, -0.25) is 0 Å². The van der Waals surface area contributed by atoms with Gasteiger partial charge in [-0.25, -0.2) is 8.42 Å². The first kappa shape index (κ1) is 17.5. The summed E-state index contributed by atoms with van der Waals surface area (Å²) < 4.78 is 28.8. The first-order valence-electron chi connectivity index (χ1n) is 6.94. The number of hydrogen-bond acceptors (Lipinski definition) is 2. The molecule has 0 aliphatic carbocycles. The second-order valence-corrected chi connectivity index (χ2v) is 7.87. The molecule has 1 heterocycles. The Labute approximate surface area is 127 Å². The molecule has 0 amide bonds. The Bertz CT molecular complexity index is 550. The Balaban J connectivity index is 3.22. The molecule has 0 bridgehead atoms. The number of nitrogens with zero attached hydrogens (tertiary/aromatic N) is 2. The van der Waals surface area contributed by atoms with Crippen molar-refractivity contribution in [2.24, 2.45) is 0 Å². The van der Waals surface area contributed by atoms with Gasteiger partial charge >= 0.3 is 0 Å². The maximum atomic E-state index is 12.7. The van der Waals surface area contributed by atoms with Crippen LogP contribution in [0.25, 0.3) is 0 Å². The highest BCUT2D eigenvalue weighted by molar-refractivity contribution is 7.89. The SMILES string of the molecule is CCCn1cc(S(=O)(=O)N(C)C(C)(C)CC)cc1CCl. The number of sulfonamides is 1. The molecule has 4 nitrogen and oxygen atoms in total. The van der Waals surface area contributed by atoms with Gasteiger partial charge in [0.1, 0.15) is 4.90 Å². The van der Waals surface area contributed by atoms with Gasteiger partial charge < -0.3 is 4.57 Å². The summed E-state index contributed by atoms with van der Waals surface area (Å²) in [4.78, 5) is 0.325. The largest absolute Gasteiger partial charge is 0.349 e.